The summed E-state index contributed by atoms with van der Waals surface area (Å²) in [6, 6.07) is 0. The van der Waals surface area contributed by atoms with E-state index in [1.165, 1.54) is 45.3 Å². The van der Waals surface area contributed by atoms with Gasteiger partial charge in [-0.3, -0.25) is 0 Å². The normalized spacial score (nSPS) is 29.4. The fourth-order valence-corrected chi connectivity index (χ4v) is 2.51. The van der Waals surface area contributed by atoms with Crippen molar-refractivity contribution in [1.82, 2.24) is 4.90 Å². The highest BCUT2D eigenvalue weighted by Gasteiger charge is 2.26. The third kappa shape index (κ3) is 3.25. The molecule has 2 N–H and O–H groups in total. The summed E-state index contributed by atoms with van der Waals surface area (Å²) in [7, 11) is 0. The van der Waals surface area contributed by atoms with Gasteiger partial charge in [-0.05, 0) is 44.3 Å². The second-order valence-electron chi connectivity index (χ2n) is 4.61. The van der Waals surface area contributed by atoms with E-state index in [4.69, 9.17) is 5.73 Å². The summed E-state index contributed by atoms with van der Waals surface area (Å²) in [5.74, 6) is 1.64. The van der Waals surface area contributed by atoms with Gasteiger partial charge >= 0.3 is 0 Å². The van der Waals surface area contributed by atoms with Crippen molar-refractivity contribution in [3.05, 3.63) is 0 Å². The Bertz CT molecular complexity index is 147. The molecule has 0 bridgehead atoms. The maximum atomic E-state index is 5.80. The topological polar surface area (TPSA) is 29.3 Å². The first-order valence-corrected chi connectivity index (χ1v) is 6.24. The Kier molecular flexibility index (Phi) is 5.49. The van der Waals surface area contributed by atoms with Gasteiger partial charge in [0.05, 0.1) is 0 Å². The van der Waals surface area contributed by atoms with Crippen LogP contribution in [0.4, 0.5) is 0 Å². The van der Waals surface area contributed by atoms with Crippen molar-refractivity contribution in [2.75, 3.05) is 26.2 Å². The lowest BCUT2D eigenvalue weighted by atomic mass is 9.84. The van der Waals surface area contributed by atoms with Crippen LogP contribution in [0.25, 0.3) is 0 Å². The summed E-state index contributed by atoms with van der Waals surface area (Å²) in [6.07, 6.45) is 5.28. The minimum Gasteiger partial charge on any atom is -0.330 e. The Labute approximate surface area is 88.8 Å². The molecule has 0 aromatic carbocycles. The lowest BCUT2D eigenvalue weighted by molar-refractivity contribution is 0.118. The largest absolute Gasteiger partial charge is 0.330 e. The maximum absolute atomic E-state index is 5.80. The molecule has 1 heterocycles. The highest BCUT2D eigenvalue weighted by molar-refractivity contribution is 4.80. The molecule has 0 saturated carbocycles. The van der Waals surface area contributed by atoms with Gasteiger partial charge < -0.3 is 10.6 Å². The number of likely N-dealkylation sites (tertiary alicyclic amines) is 1. The predicted molar refractivity (Wildman–Crippen MR) is 62.3 cm³/mol. The van der Waals surface area contributed by atoms with Gasteiger partial charge in [0, 0.05) is 6.54 Å². The summed E-state index contributed by atoms with van der Waals surface area (Å²) in [5, 5.41) is 0. The summed E-state index contributed by atoms with van der Waals surface area (Å²) in [6.45, 7) is 9.32. The molecule has 0 radical (unpaired) electrons. The first-order chi connectivity index (χ1) is 6.81. The second-order valence-corrected chi connectivity index (χ2v) is 4.61. The van der Waals surface area contributed by atoms with E-state index in [2.05, 4.69) is 18.7 Å². The van der Waals surface area contributed by atoms with Crippen molar-refractivity contribution in [3.8, 4) is 0 Å². The molecule has 2 heteroatoms. The van der Waals surface area contributed by atoms with Crippen LogP contribution in [-0.4, -0.2) is 31.1 Å². The van der Waals surface area contributed by atoms with Gasteiger partial charge in [-0.1, -0.05) is 26.7 Å². The van der Waals surface area contributed by atoms with Gasteiger partial charge in [0.25, 0.3) is 0 Å². The summed E-state index contributed by atoms with van der Waals surface area (Å²) in [4.78, 5) is 2.63. The van der Waals surface area contributed by atoms with Crippen molar-refractivity contribution in [3.63, 3.8) is 0 Å². The molecule has 1 rings (SSSR count). The molecule has 1 saturated heterocycles. The van der Waals surface area contributed by atoms with Crippen molar-refractivity contribution in [2.45, 2.75) is 39.5 Å². The maximum Gasteiger partial charge on any atom is 0.00127 e. The van der Waals surface area contributed by atoms with Crippen molar-refractivity contribution in [2.24, 2.45) is 17.6 Å². The van der Waals surface area contributed by atoms with Gasteiger partial charge in [-0.25, -0.2) is 0 Å². The molecule has 0 aliphatic carbocycles. The lowest BCUT2D eigenvalue weighted by Crippen LogP contribution is -2.43. The van der Waals surface area contributed by atoms with E-state index in [0.29, 0.717) is 0 Å². The van der Waals surface area contributed by atoms with E-state index in [0.717, 1.165) is 18.4 Å². The minimum atomic E-state index is 0.790. The third-order valence-corrected chi connectivity index (χ3v) is 3.63. The standard InChI is InChI=1S/C12H26N2/c1-3-5-7-14-8-6-12(9-13)11(4-2)10-14/h11-12H,3-10,13H2,1-2H3. The number of unbranched alkanes of at least 4 members (excludes halogenated alkanes) is 1. The zero-order valence-corrected chi connectivity index (χ0v) is 9.84. The Hall–Kier alpha value is -0.0800. The van der Waals surface area contributed by atoms with E-state index in [-0.39, 0.29) is 0 Å². The zero-order valence-electron chi connectivity index (χ0n) is 9.84. The average Bonchev–Trinajstić information content (AvgIpc) is 2.25. The molecule has 0 spiro atoms. The van der Waals surface area contributed by atoms with E-state index < -0.39 is 0 Å². The van der Waals surface area contributed by atoms with E-state index >= 15 is 0 Å². The molecule has 1 fully saturated rings. The number of nitrogens with two attached hydrogens (primary N) is 1. The summed E-state index contributed by atoms with van der Waals surface area (Å²) >= 11 is 0. The van der Waals surface area contributed by atoms with E-state index in [9.17, 15) is 0 Å². The van der Waals surface area contributed by atoms with Crippen LogP contribution in [0.2, 0.25) is 0 Å². The van der Waals surface area contributed by atoms with Crippen LogP contribution in [0.5, 0.6) is 0 Å². The molecular formula is C12H26N2. The average molecular weight is 198 g/mol. The molecule has 0 aromatic rings. The number of nitrogens with zero attached hydrogens (tertiary/aromatic N) is 1. The van der Waals surface area contributed by atoms with Crippen LogP contribution >= 0.6 is 0 Å². The number of hydrogen-bond donors (Lipinski definition) is 1. The Morgan fingerprint density at radius 3 is 2.64 bits per heavy atom. The van der Waals surface area contributed by atoms with Crippen molar-refractivity contribution >= 4 is 0 Å². The zero-order chi connectivity index (χ0) is 10.4. The number of rotatable bonds is 5. The molecule has 0 aromatic heterocycles. The van der Waals surface area contributed by atoms with Crippen LogP contribution in [0.3, 0.4) is 0 Å². The summed E-state index contributed by atoms with van der Waals surface area (Å²) in [5.41, 5.74) is 5.80. The van der Waals surface area contributed by atoms with E-state index in [1.807, 2.05) is 0 Å². The third-order valence-electron chi connectivity index (χ3n) is 3.63. The molecule has 0 amide bonds. The van der Waals surface area contributed by atoms with Crippen LogP contribution in [0, 0.1) is 11.8 Å². The van der Waals surface area contributed by atoms with Gasteiger partial charge in [-0.15, -0.1) is 0 Å². The molecule has 1 aliphatic heterocycles. The number of hydrogen-bond acceptors (Lipinski definition) is 2. The molecule has 2 unspecified atom stereocenters. The minimum absolute atomic E-state index is 0.790. The van der Waals surface area contributed by atoms with Gasteiger partial charge in [0.15, 0.2) is 0 Å². The SMILES string of the molecule is CCCCN1CCC(CN)C(CC)C1. The fourth-order valence-electron chi connectivity index (χ4n) is 2.51. The highest BCUT2D eigenvalue weighted by atomic mass is 15.1. The molecular weight excluding hydrogens is 172 g/mol. The van der Waals surface area contributed by atoms with Crippen LogP contribution in [0.15, 0.2) is 0 Å². The predicted octanol–water partition coefficient (Wildman–Crippen LogP) is 2.09. The smallest absolute Gasteiger partial charge is 0.00127 e. The Morgan fingerprint density at radius 2 is 2.07 bits per heavy atom. The van der Waals surface area contributed by atoms with Crippen LogP contribution < -0.4 is 5.73 Å². The van der Waals surface area contributed by atoms with Crippen molar-refractivity contribution in [1.29, 1.82) is 0 Å². The van der Waals surface area contributed by atoms with Gasteiger partial charge in [0.2, 0.25) is 0 Å². The molecule has 2 nitrogen and oxygen atoms in total. The van der Waals surface area contributed by atoms with Crippen LogP contribution in [0.1, 0.15) is 39.5 Å². The van der Waals surface area contributed by atoms with Gasteiger partial charge in [-0.2, -0.15) is 0 Å². The first kappa shape index (κ1) is 12.0. The molecule has 2 atom stereocenters. The lowest BCUT2D eigenvalue weighted by Gasteiger charge is -2.37. The Morgan fingerprint density at radius 1 is 1.29 bits per heavy atom. The number of piperidine rings is 1. The quantitative estimate of drug-likeness (QED) is 0.733. The molecule has 84 valence electrons. The summed E-state index contributed by atoms with van der Waals surface area (Å²) < 4.78 is 0. The van der Waals surface area contributed by atoms with Gasteiger partial charge in [0.1, 0.15) is 0 Å². The first-order valence-electron chi connectivity index (χ1n) is 6.24. The van der Waals surface area contributed by atoms with E-state index in [1.54, 1.807) is 0 Å². The monoisotopic (exact) mass is 198 g/mol. The Balaban J connectivity index is 2.32. The molecule has 14 heavy (non-hydrogen) atoms. The highest BCUT2D eigenvalue weighted by Crippen LogP contribution is 2.25. The fraction of sp³-hybridized carbons (Fsp3) is 1.00. The van der Waals surface area contributed by atoms with Crippen molar-refractivity contribution < 1.29 is 0 Å². The second kappa shape index (κ2) is 6.41. The van der Waals surface area contributed by atoms with Crippen LogP contribution in [-0.2, 0) is 0 Å². The molecule has 1 aliphatic rings.